The molecule has 3 rings (SSSR count). The molecule has 1 aromatic heterocycles. The Balaban J connectivity index is 1.57. The van der Waals surface area contributed by atoms with Gasteiger partial charge in [-0.05, 0) is 32.0 Å². The summed E-state index contributed by atoms with van der Waals surface area (Å²) in [4.78, 5) is 28.6. The number of nitrogens with zero attached hydrogens (tertiary/aromatic N) is 1. The second kappa shape index (κ2) is 8.08. The van der Waals surface area contributed by atoms with Crippen molar-refractivity contribution in [3.05, 3.63) is 47.8 Å². The molecular formula is C20H24N2O4. The van der Waals surface area contributed by atoms with E-state index < -0.39 is 0 Å². The largest absolute Gasteiger partial charge is 0.490 e. The molecule has 0 atom stereocenters. The number of benzene rings is 1. The summed E-state index contributed by atoms with van der Waals surface area (Å²) < 4.78 is 11.7. The topological polar surface area (TPSA) is 71.6 Å². The fourth-order valence-electron chi connectivity index (χ4n) is 3.07. The number of ketones is 1. The molecule has 26 heavy (non-hydrogen) atoms. The number of carbonyl (C=O) groups is 2. The van der Waals surface area contributed by atoms with Gasteiger partial charge in [-0.1, -0.05) is 12.1 Å². The molecule has 6 heteroatoms. The minimum absolute atomic E-state index is 0.0529. The van der Waals surface area contributed by atoms with Crippen molar-refractivity contribution in [1.29, 1.82) is 0 Å². The lowest BCUT2D eigenvalue weighted by Crippen LogP contribution is -2.41. The SMILES string of the molecule is CCOc1ccccc1OC1CCN(C(=O)c2cc(C(C)=O)c[nH]2)CC1. The van der Waals surface area contributed by atoms with Gasteiger partial charge in [-0.2, -0.15) is 0 Å². The van der Waals surface area contributed by atoms with Crippen LogP contribution in [0.3, 0.4) is 0 Å². The van der Waals surface area contributed by atoms with Crippen LogP contribution in [0.25, 0.3) is 0 Å². The van der Waals surface area contributed by atoms with E-state index >= 15 is 0 Å². The van der Waals surface area contributed by atoms with Crippen LogP contribution >= 0.6 is 0 Å². The molecule has 6 nitrogen and oxygen atoms in total. The number of likely N-dealkylation sites (tertiary alicyclic amines) is 1. The molecule has 1 fully saturated rings. The summed E-state index contributed by atoms with van der Waals surface area (Å²) >= 11 is 0. The number of hydrogen-bond donors (Lipinski definition) is 1. The highest BCUT2D eigenvalue weighted by atomic mass is 16.5. The third-order valence-corrected chi connectivity index (χ3v) is 4.49. The third kappa shape index (κ3) is 4.07. The average molecular weight is 356 g/mol. The van der Waals surface area contributed by atoms with Gasteiger partial charge in [0.25, 0.3) is 5.91 Å². The summed E-state index contributed by atoms with van der Waals surface area (Å²) in [5.41, 5.74) is 0.982. The Kier molecular flexibility index (Phi) is 5.61. The number of aromatic nitrogens is 1. The minimum atomic E-state index is -0.0781. The van der Waals surface area contributed by atoms with Crippen LogP contribution in [0.5, 0.6) is 11.5 Å². The number of nitrogens with one attached hydrogen (secondary N) is 1. The second-order valence-corrected chi connectivity index (χ2v) is 6.35. The molecule has 0 unspecified atom stereocenters. The molecule has 1 saturated heterocycles. The quantitative estimate of drug-likeness (QED) is 0.806. The number of para-hydroxylation sites is 2. The fourth-order valence-corrected chi connectivity index (χ4v) is 3.07. The van der Waals surface area contributed by atoms with Gasteiger partial charge in [0.2, 0.25) is 0 Å². The lowest BCUT2D eigenvalue weighted by atomic mass is 10.1. The maximum Gasteiger partial charge on any atom is 0.270 e. The molecule has 1 N–H and O–H groups in total. The predicted molar refractivity (Wildman–Crippen MR) is 98.0 cm³/mol. The van der Waals surface area contributed by atoms with E-state index in [1.54, 1.807) is 17.2 Å². The van der Waals surface area contributed by atoms with Gasteiger partial charge < -0.3 is 19.4 Å². The number of aromatic amines is 1. The van der Waals surface area contributed by atoms with Crippen molar-refractivity contribution in [2.24, 2.45) is 0 Å². The van der Waals surface area contributed by atoms with Crippen molar-refractivity contribution in [3.8, 4) is 11.5 Å². The summed E-state index contributed by atoms with van der Waals surface area (Å²) in [6.45, 7) is 5.26. The first-order valence-corrected chi connectivity index (χ1v) is 8.95. The van der Waals surface area contributed by atoms with E-state index in [9.17, 15) is 9.59 Å². The summed E-state index contributed by atoms with van der Waals surface area (Å²) in [7, 11) is 0. The Bertz CT molecular complexity index is 776. The first-order valence-electron chi connectivity index (χ1n) is 8.95. The highest BCUT2D eigenvalue weighted by Gasteiger charge is 2.26. The molecule has 0 radical (unpaired) electrons. The van der Waals surface area contributed by atoms with Gasteiger partial charge in [-0.3, -0.25) is 9.59 Å². The fraction of sp³-hybridized carbons (Fsp3) is 0.400. The lowest BCUT2D eigenvalue weighted by Gasteiger charge is -2.32. The van der Waals surface area contributed by atoms with Crippen molar-refractivity contribution in [2.45, 2.75) is 32.8 Å². The molecule has 1 aliphatic rings. The summed E-state index contributed by atoms with van der Waals surface area (Å²) in [6.07, 6.45) is 3.15. The van der Waals surface area contributed by atoms with Crippen molar-refractivity contribution in [2.75, 3.05) is 19.7 Å². The minimum Gasteiger partial charge on any atom is -0.490 e. The monoisotopic (exact) mass is 356 g/mol. The standard InChI is InChI=1S/C20H24N2O4/c1-3-25-18-6-4-5-7-19(18)26-16-8-10-22(11-9-16)20(24)17-12-15(13-21-17)14(2)23/h4-7,12-13,16,21H,3,8-11H2,1-2H3. The maximum absolute atomic E-state index is 12.6. The Labute approximate surface area is 153 Å². The van der Waals surface area contributed by atoms with E-state index in [4.69, 9.17) is 9.47 Å². The smallest absolute Gasteiger partial charge is 0.270 e. The zero-order chi connectivity index (χ0) is 18.5. The van der Waals surface area contributed by atoms with E-state index in [0.29, 0.717) is 31.0 Å². The van der Waals surface area contributed by atoms with Crippen molar-refractivity contribution in [1.82, 2.24) is 9.88 Å². The number of piperidine rings is 1. The molecule has 1 amide bonds. The van der Waals surface area contributed by atoms with Crippen LogP contribution in [-0.2, 0) is 0 Å². The van der Waals surface area contributed by atoms with Crippen LogP contribution in [0.1, 0.15) is 47.5 Å². The van der Waals surface area contributed by atoms with E-state index in [1.165, 1.54) is 6.92 Å². The van der Waals surface area contributed by atoms with Gasteiger partial charge in [0.1, 0.15) is 11.8 Å². The normalized spacial score (nSPS) is 14.9. The van der Waals surface area contributed by atoms with Crippen molar-refractivity contribution < 1.29 is 19.1 Å². The number of H-pyrrole nitrogens is 1. The van der Waals surface area contributed by atoms with Gasteiger partial charge in [-0.25, -0.2) is 0 Å². The Morgan fingerprint density at radius 1 is 1.19 bits per heavy atom. The predicted octanol–water partition coefficient (Wildman–Crippen LogP) is 3.30. The van der Waals surface area contributed by atoms with E-state index in [0.717, 1.165) is 24.3 Å². The number of Topliss-reactive ketones (excluding diaryl/α,β-unsaturated/α-hetero) is 1. The molecule has 2 aromatic rings. The summed E-state index contributed by atoms with van der Waals surface area (Å²) in [5, 5.41) is 0. The van der Waals surface area contributed by atoms with Gasteiger partial charge in [0.05, 0.1) is 6.61 Å². The van der Waals surface area contributed by atoms with Crippen LogP contribution in [0.15, 0.2) is 36.5 Å². The lowest BCUT2D eigenvalue weighted by molar-refractivity contribution is 0.0584. The first-order chi connectivity index (χ1) is 12.6. The van der Waals surface area contributed by atoms with E-state index in [1.807, 2.05) is 31.2 Å². The molecule has 0 spiro atoms. The third-order valence-electron chi connectivity index (χ3n) is 4.49. The van der Waals surface area contributed by atoms with Crippen LogP contribution in [-0.4, -0.2) is 47.4 Å². The number of hydrogen-bond acceptors (Lipinski definition) is 4. The molecule has 2 heterocycles. The molecule has 0 bridgehead atoms. The van der Waals surface area contributed by atoms with Gasteiger partial charge in [-0.15, -0.1) is 0 Å². The Hall–Kier alpha value is -2.76. The second-order valence-electron chi connectivity index (χ2n) is 6.35. The van der Waals surface area contributed by atoms with Gasteiger partial charge >= 0.3 is 0 Å². The highest BCUT2D eigenvalue weighted by Crippen LogP contribution is 2.29. The van der Waals surface area contributed by atoms with Crippen molar-refractivity contribution in [3.63, 3.8) is 0 Å². The summed E-state index contributed by atoms with van der Waals surface area (Å²) in [6, 6.07) is 9.27. The van der Waals surface area contributed by atoms with Crippen LogP contribution in [0.2, 0.25) is 0 Å². The number of rotatable bonds is 6. The van der Waals surface area contributed by atoms with E-state index in [2.05, 4.69) is 4.98 Å². The zero-order valence-electron chi connectivity index (χ0n) is 15.2. The summed E-state index contributed by atoms with van der Waals surface area (Å²) in [5.74, 6) is 1.36. The van der Waals surface area contributed by atoms with Crippen molar-refractivity contribution >= 4 is 11.7 Å². The average Bonchev–Trinajstić information content (AvgIpc) is 3.14. The zero-order valence-corrected chi connectivity index (χ0v) is 15.2. The van der Waals surface area contributed by atoms with Gasteiger partial charge in [0, 0.05) is 37.7 Å². The number of amides is 1. The Morgan fingerprint density at radius 3 is 2.50 bits per heavy atom. The molecular weight excluding hydrogens is 332 g/mol. The molecule has 1 aromatic carbocycles. The van der Waals surface area contributed by atoms with Crippen LogP contribution < -0.4 is 9.47 Å². The highest BCUT2D eigenvalue weighted by molar-refractivity contribution is 5.99. The molecule has 0 aliphatic carbocycles. The number of ether oxygens (including phenoxy) is 2. The maximum atomic E-state index is 12.6. The molecule has 0 saturated carbocycles. The number of carbonyl (C=O) groups excluding carboxylic acids is 2. The van der Waals surface area contributed by atoms with E-state index in [-0.39, 0.29) is 17.8 Å². The molecule has 138 valence electrons. The Morgan fingerprint density at radius 2 is 1.88 bits per heavy atom. The first kappa shape index (κ1) is 18.0. The van der Waals surface area contributed by atoms with Crippen LogP contribution in [0, 0.1) is 0 Å². The molecule has 1 aliphatic heterocycles. The van der Waals surface area contributed by atoms with Crippen LogP contribution in [0.4, 0.5) is 0 Å². The van der Waals surface area contributed by atoms with Gasteiger partial charge in [0.15, 0.2) is 17.3 Å².